The summed E-state index contributed by atoms with van der Waals surface area (Å²) in [5, 5.41) is 28.9. The number of carbonyl (C=O) groups is 8. The van der Waals surface area contributed by atoms with Crippen LogP contribution in [0.5, 0.6) is 5.75 Å². The monoisotopic (exact) mass is 864 g/mol. The average Bonchev–Trinajstić information content (AvgIpc) is 3.61. The molecular formula is C43H60N8O11. The number of esters is 1. The normalized spacial score (nSPS) is 26.1. The Bertz CT molecular complexity index is 1980. The standard InChI is InChI=1S/C43H60N8O11/c1-23(2)18-29-41(59)51-21-28(52)19-30(51)42(60)48(7)22-33(55)50(9)36(25(5)24(3)4)40(58)45-20-32(54)49(8)37(27-14-11-10-12-15-27)43(61)62-26(6)34(38(56)46-29)47-39(57)35-31(53)16-13-17-44-35/h10-17,23-26,28-30,34,36-37,52-53H,18-22H2,1-9H3,(H,45,58)(H,46,56)(H,47,57). The quantitative estimate of drug-likeness (QED) is 0.235. The molecule has 0 aliphatic carbocycles. The summed E-state index contributed by atoms with van der Waals surface area (Å²) < 4.78 is 5.87. The number of amides is 7. The summed E-state index contributed by atoms with van der Waals surface area (Å²) in [5.41, 5.74) is -0.141. The fraction of sp³-hybridized carbons (Fsp3) is 0.558. The van der Waals surface area contributed by atoms with Crippen molar-refractivity contribution in [2.24, 2.45) is 17.8 Å². The minimum atomic E-state index is -1.74. The summed E-state index contributed by atoms with van der Waals surface area (Å²) in [7, 11) is 4.11. The van der Waals surface area contributed by atoms with Gasteiger partial charge in [-0.3, -0.25) is 33.6 Å². The molecule has 7 amide bonds. The lowest BCUT2D eigenvalue weighted by atomic mass is 9.88. The number of ether oxygens (including phenoxy) is 1. The first-order chi connectivity index (χ1) is 29.1. The lowest BCUT2D eigenvalue weighted by molar-refractivity contribution is -0.160. The van der Waals surface area contributed by atoms with Crippen LogP contribution in [0.1, 0.15) is 76.5 Å². The summed E-state index contributed by atoms with van der Waals surface area (Å²) in [6.07, 6.45) is -1.51. The molecule has 0 bridgehead atoms. The number of likely N-dealkylation sites (N-methyl/N-ethyl adjacent to an activating group) is 3. The molecule has 2 fully saturated rings. The SMILES string of the molecule is CC(C)CC1NC(=O)C(NC(=O)c2ncccc2O)C(C)OC(=O)C(c2ccccc2)N(C)C(=O)CNC(=O)C(C(C)C(C)C)N(C)C(=O)CN(C)C(=O)C2CC(O)CN2C1=O. The lowest BCUT2D eigenvalue weighted by Gasteiger charge is -2.36. The van der Waals surface area contributed by atoms with Crippen molar-refractivity contribution in [2.45, 2.75) is 96.8 Å². The van der Waals surface area contributed by atoms with Crippen LogP contribution in [-0.2, 0) is 38.3 Å². The first-order valence-electron chi connectivity index (χ1n) is 20.7. The van der Waals surface area contributed by atoms with Gasteiger partial charge in [-0.1, -0.05) is 65.0 Å². The number of hydrogen-bond donors (Lipinski definition) is 5. The van der Waals surface area contributed by atoms with Gasteiger partial charge in [-0.2, -0.15) is 0 Å². The third kappa shape index (κ3) is 11.6. The second-order valence-corrected chi connectivity index (χ2v) is 16.8. The number of benzene rings is 1. The molecule has 3 heterocycles. The van der Waals surface area contributed by atoms with E-state index in [1.165, 1.54) is 51.3 Å². The molecule has 2 aromatic rings. The highest BCUT2D eigenvalue weighted by molar-refractivity contribution is 6.00. The van der Waals surface area contributed by atoms with Crippen molar-refractivity contribution < 1.29 is 53.3 Å². The Morgan fingerprint density at radius 1 is 0.903 bits per heavy atom. The van der Waals surface area contributed by atoms with Crippen molar-refractivity contribution in [3.63, 3.8) is 0 Å². The van der Waals surface area contributed by atoms with Gasteiger partial charge in [0.2, 0.25) is 35.4 Å². The smallest absolute Gasteiger partial charge is 0.333 e. The van der Waals surface area contributed by atoms with Crippen LogP contribution < -0.4 is 16.0 Å². The summed E-state index contributed by atoms with van der Waals surface area (Å²) in [5.74, 6) is -7.71. The van der Waals surface area contributed by atoms with Crippen LogP contribution in [0.25, 0.3) is 0 Å². The Morgan fingerprint density at radius 2 is 1.56 bits per heavy atom. The first kappa shape index (κ1) is 48.6. The third-order valence-corrected chi connectivity index (χ3v) is 11.4. The number of carbonyl (C=O) groups excluding carboxylic acids is 8. The van der Waals surface area contributed by atoms with Gasteiger partial charge in [0, 0.05) is 40.3 Å². The molecule has 1 aromatic heterocycles. The van der Waals surface area contributed by atoms with Crippen molar-refractivity contribution in [1.29, 1.82) is 0 Å². The maximum atomic E-state index is 14.4. The highest BCUT2D eigenvalue weighted by Crippen LogP contribution is 2.26. The van der Waals surface area contributed by atoms with E-state index in [2.05, 4.69) is 20.9 Å². The molecule has 8 atom stereocenters. The molecule has 8 unspecified atom stereocenters. The van der Waals surface area contributed by atoms with E-state index in [9.17, 15) is 48.6 Å². The molecule has 2 aliphatic rings. The number of aliphatic hydroxyl groups is 1. The van der Waals surface area contributed by atoms with Crippen LogP contribution in [0, 0.1) is 17.8 Å². The number of aromatic hydroxyl groups is 1. The Labute approximate surface area is 361 Å². The van der Waals surface area contributed by atoms with Gasteiger partial charge in [-0.25, -0.2) is 9.78 Å². The molecule has 0 spiro atoms. The van der Waals surface area contributed by atoms with Gasteiger partial charge in [0.25, 0.3) is 5.91 Å². The molecule has 2 saturated heterocycles. The zero-order valence-electron chi connectivity index (χ0n) is 36.7. The topological polar surface area (TPSA) is 248 Å². The minimum Gasteiger partial charge on any atom is -0.505 e. The van der Waals surface area contributed by atoms with Gasteiger partial charge >= 0.3 is 5.97 Å². The zero-order valence-corrected chi connectivity index (χ0v) is 36.7. The van der Waals surface area contributed by atoms with Crippen LogP contribution >= 0.6 is 0 Å². The van der Waals surface area contributed by atoms with E-state index in [0.29, 0.717) is 5.56 Å². The van der Waals surface area contributed by atoms with Gasteiger partial charge < -0.3 is 50.5 Å². The van der Waals surface area contributed by atoms with Crippen LogP contribution in [0.15, 0.2) is 48.7 Å². The van der Waals surface area contributed by atoms with E-state index in [1.807, 2.05) is 13.8 Å². The predicted octanol–water partition coefficient (Wildman–Crippen LogP) is 0.217. The molecule has 0 saturated carbocycles. The number of hydrogen-bond acceptors (Lipinski definition) is 12. The van der Waals surface area contributed by atoms with E-state index in [-0.39, 0.29) is 31.2 Å². The molecule has 19 nitrogen and oxygen atoms in total. The summed E-state index contributed by atoms with van der Waals surface area (Å²) in [6.45, 7) is 9.05. The number of rotatable bonds is 7. The van der Waals surface area contributed by atoms with Crippen LogP contribution in [0.4, 0.5) is 0 Å². The van der Waals surface area contributed by atoms with E-state index >= 15 is 0 Å². The Kier molecular flexibility index (Phi) is 16.5. The van der Waals surface area contributed by atoms with Crippen molar-refractivity contribution in [3.8, 4) is 5.75 Å². The van der Waals surface area contributed by atoms with Crippen LogP contribution in [0.3, 0.4) is 0 Å². The number of fused-ring (bicyclic) bond motifs is 1. The minimum absolute atomic E-state index is 0.0353. The number of nitrogens with one attached hydrogen (secondary N) is 3. The molecule has 4 rings (SSSR count). The zero-order chi connectivity index (χ0) is 46.2. The predicted molar refractivity (Wildman–Crippen MR) is 223 cm³/mol. The largest absolute Gasteiger partial charge is 0.505 e. The van der Waals surface area contributed by atoms with Crippen molar-refractivity contribution >= 4 is 47.3 Å². The van der Waals surface area contributed by atoms with E-state index in [0.717, 1.165) is 14.7 Å². The maximum absolute atomic E-state index is 14.4. The molecule has 0 radical (unpaired) electrons. The highest BCUT2D eigenvalue weighted by atomic mass is 16.5. The fourth-order valence-corrected chi connectivity index (χ4v) is 7.56. The number of cyclic esters (lactones) is 1. The maximum Gasteiger partial charge on any atom is 0.333 e. The highest BCUT2D eigenvalue weighted by Gasteiger charge is 2.45. The third-order valence-electron chi connectivity index (χ3n) is 11.4. The fourth-order valence-electron chi connectivity index (χ4n) is 7.56. The van der Waals surface area contributed by atoms with Crippen molar-refractivity contribution in [2.75, 3.05) is 40.8 Å². The van der Waals surface area contributed by atoms with Gasteiger partial charge in [0.05, 0.1) is 19.2 Å². The van der Waals surface area contributed by atoms with Gasteiger partial charge in [-0.15, -0.1) is 0 Å². The average molecular weight is 865 g/mol. The lowest BCUT2D eigenvalue weighted by Crippen LogP contribution is -2.60. The Hall–Kier alpha value is -6.11. The molecule has 1 aromatic carbocycles. The number of aliphatic hydroxyl groups excluding tert-OH is 1. The van der Waals surface area contributed by atoms with Crippen molar-refractivity contribution in [3.05, 3.63) is 59.9 Å². The number of aromatic nitrogens is 1. The Balaban J connectivity index is 1.83. The van der Waals surface area contributed by atoms with Crippen LogP contribution in [0.2, 0.25) is 0 Å². The molecular weight excluding hydrogens is 805 g/mol. The molecule has 2 aliphatic heterocycles. The van der Waals surface area contributed by atoms with E-state index < -0.39 is 120 Å². The molecule has 5 N–H and O–H groups in total. The summed E-state index contributed by atoms with van der Waals surface area (Å²) in [6, 6.07) is 3.87. The van der Waals surface area contributed by atoms with E-state index in [1.54, 1.807) is 51.1 Å². The first-order valence-corrected chi connectivity index (χ1v) is 20.7. The summed E-state index contributed by atoms with van der Waals surface area (Å²) >= 11 is 0. The number of nitrogens with zero attached hydrogens (tertiary/aromatic N) is 5. The molecule has 19 heteroatoms. The second kappa shape index (κ2) is 21.1. The van der Waals surface area contributed by atoms with E-state index in [4.69, 9.17) is 4.74 Å². The van der Waals surface area contributed by atoms with Crippen LogP contribution in [-0.4, -0.2) is 159 Å². The van der Waals surface area contributed by atoms with Gasteiger partial charge in [0.15, 0.2) is 11.7 Å². The molecule has 338 valence electrons. The van der Waals surface area contributed by atoms with Gasteiger partial charge in [0.1, 0.15) is 36.0 Å². The van der Waals surface area contributed by atoms with Gasteiger partial charge in [-0.05, 0) is 48.8 Å². The second-order valence-electron chi connectivity index (χ2n) is 16.8. The molecule has 62 heavy (non-hydrogen) atoms. The summed E-state index contributed by atoms with van der Waals surface area (Å²) in [4.78, 5) is 121. The van der Waals surface area contributed by atoms with Crippen molar-refractivity contribution in [1.82, 2.24) is 40.5 Å². The Morgan fingerprint density at radius 3 is 2.18 bits per heavy atom. The number of pyridine rings is 1.